The minimum absolute atomic E-state index is 0.304. The zero-order valence-corrected chi connectivity index (χ0v) is 13.5. The van der Waals surface area contributed by atoms with Crippen LogP contribution in [0.25, 0.3) is 0 Å². The summed E-state index contributed by atoms with van der Waals surface area (Å²) in [6.07, 6.45) is 0.984. The van der Waals surface area contributed by atoms with E-state index in [1.807, 2.05) is 24.3 Å². The molecule has 0 amide bonds. The lowest BCUT2D eigenvalue weighted by Crippen LogP contribution is -2.30. The number of benzene rings is 2. The van der Waals surface area contributed by atoms with Crippen LogP contribution in [-0.4, -0.2) is 13.2 Å². The molecule has 2 nitrogen and oxygen atoms in total. The third-order valence-electron chi connectivity index (χ3n) is 3.61. The Morgan fingerprint density at radius 3 is 2.19 bits per heavy atom. The predicted molar refractivity (Wildman–Crippen MR) is 89.2 cm³/mol. The fourth-order valence-electron chi connectivity index (χ4n) is 2.45. The van der Waals surface area contributed by atoms with Crippen molar-refractivity contribution in [3.05, 3.63) is 64.7 Å². The van der Waals surface area contributed by atoms with Gasteiger partial charge in [0.2, 0.25) is 0 Å². The molecule has 0 saturated heterocycles. The van der Waals surface area contributed by atoms with Gasteiger partial charge in [0.15, 0.2) is 0 Å². The van der Waals surface area contributed by atoms with Crippen LogP contribution in [0.4, 0.5) is 0 Å². The number of nitrogens with one attached hydrogen (secondary N) is 1. The number of methoxy groups -OCH3 is 1. The molecule has 2 atom stereocenters. The van der Waals surface area contributed by atoms with Gasteiger partial charge in [-0.15, -0.1) is 0 Å². The summed E-state index contributed by atoms with van der Waals surface area (Å²) < 4.78 is 5.19. The summed E-state index contributed by atoms with van der Waals surface area (Å²) in [6, 6.07) is 16.9. The molecule has 0 aliphatic carbocycles. The lowest BCUT2D eigenvalue weighted by Gasteiger charge is -2.20. The molecule has 2 aromatic rings. The molecular weight excluding hydrogens is 282 g/mol. The molecule has 0 radical (unpaired) electrons. The van der Waals surface area contributed by atoms with Gasteiger partial charge in [0.05, 0.1) is 7.11 Å². The molecule has 2 aromatic carbocycles. The summed E-state index contributed by atoms with van der Waals surface area (Å²) in [5.41, 5.74) is 2.56. The van der Waals surface area contributed by atoms with E-state index in [1.165, 1.54) is 11.1 Å². The van der Waals surface area contributed by atoms with Gasteiger partial charge in [-0.3, -0.25) is 0 Å². The summed E-state index contributed by atoms with van der Waals surface area (Å²) in [5, 5.41) is 4.41. The fraction of sp³-hybridized carbons (Fsp3) is 0.333. The number of hydrogen-bond acceptors (Lipinski definition) is 2. The average Bonchev–Trinajstić information content (AvgIpc) is 2.49. The maximum absolute atomic E-state index is 5.91. The lowest BCUT2D eigenvalue weighted by molar-refractivity contribution is 0.414. The van der Waals surface area contributed by atoms with Crippen molar-refractivity contribution in [2.75, 3.05) is 7.11 Å². The van der Waals surface area contributed by atoms with E-state index < -0.39 is 0 Å². The Bertz CT molecular complexity index is 550. The summed E-state index contributed by atoms with van der Waals surface area (Å²) >= 11 is 5.91. The molecule has 2 rings (SSSR count). The van der Waals surface area contributed by atoms with Gasteiger partial charge in [0, 0.05) is 17.1 Å². The Morgan fingerprint density at radius 2 is 1.62 bits per heavy atom. The molecule has 0 fully saturated rings. The predicted octanol–water partition coefficient (Wildman–Crippen LogP) is 4.63. The van der Waals surface area contributed by atoms with E-state index in [4.69, 9.17) is 16.3 Å². The van der Waals surface area contributed by atoms with Crippen LogP contribution in [0, 0.1) is 0 Å². The molecule has 0 aromatic heterocycles. The second kappa shape index (κ2) is 7.48. The molecule has 0 aliphatic rings. The van der Waals surface area contributed by atoms with E-state index in [9.17, 15) is 0 Å². The normalized spacial score (nSPS) is 13.7. The topological polar surface area (TPSA) is 21.3 Å². The number of ether oxygens (including phenoxy) is 1. The van der Waals surface area contributed by atoms with Crippen LogP contribution in [-0.2, 0) is 6.42 Å². The number of hydrogen-bond donors (Lipinski definition) is 1. The van der Waals surface area contributed by atoms with Crippen LogP contribution in [0.2, 0.25) is 5.02 Å². The highest BCUT2D eigenvalue weighted by Crippen LogP contribution is 2.18. The van der Waals surface area contributed by atoms with Gasteiger partial charge in [0.25, 0.3) is 0 Å². The third kappa shape index (κ3) is 4.76. The van der Waals surface area contributed by atoms with Crippen molar-refractivity contribution in [2.24, 2.45) is 0 Å². The molecular formula is C18H22ClNO. The highest BCUT2D eigenvalue weighted by molar-refractivity contribution is 6.30. The van der Waals surface area contributed by atoms with Crippen molar-refractivity contribution in [3.8, 4) is 5.75 Å². The minimum atomic E-state index is 0.304. The molecule has 0 aliphatic heterocycles. The van der Waals surface area contributed by atoms with Crippen molar-refractivity contribution >= 4 is 11.6 Å². The van der Waals surface area contributed by atoms with Crippen molar-refractivity contribution in [3.63, 3.8) is 0 Å². The van der Waals surface area contributed by atoms with Crippen molar-refractivity contribution in [1.29, 1.82) is 0 Å². The molecule has 1 N–H and O–H groups in total. The van der Waals surface area contributed by atoms with E-state index in [-0.39, 0.29) is 0 Å². The summed E-state index contributed by atoms with van der Waals surface area (Å²) in [6.45, 7) is 4.38. The van der Waals surface area contributed by atoms with E-state index in [2.05, 4.69) is 43.4 Å². The van der Waals surface area contributed by atoms with Crippen LogP contribution in [0.15, 0.2) is 48.5 Å². The van der Waals surface area contributed by atoms with E-state index in [0.29, 0.717) is 12.1 Å². The van der Waals surface area contributed by atoms with Gasteiger partial charge in [-0.05, 0) is 55.7 Å². The largest absolute Gasteiger partial charge is 0.497 e. The molecule has 0 spiro atoms. The minimum Gasteiger partial charge on any atom is -0.497 e. The summed E-state index contributed by atoms with van der Waals surface area (Å²) in [4.78, 5) is 0. The molecule has 3 heteroatoms. The van der Waals surface area contributed by atoms with Gasteiger partial charge in [-0.25, -0.2) is 0 Å². The van der Waals surface area contributed by atoms with Gasteiger partial charge >= 0.3 is 0 Å². The van der Waals surface area contributed by atoms with Crippen LogP contribution in [0.5, 0.6) is 5.75 Å². The van der Waals surface area contributed by atoms with E-state index >= 15 is 0 Å². The van der Waals surface area contributed by atoms with Crippen LogP contribution >= 0.6 is 11.6 Å². The molecule has 112 valence electrons. The number of rotatable bonds is 6. The van der Waals surface area contributed by atoms with Gasteiger partial charge in [-0.1, -0.05) is 35.9 Å². The highest BCUT2D eigenvalue weighted by Gasteiger charge is 2.10. The Kier molecular flexibility index (Phi) is 5.66. The van der Waals surface area contributed by atoms with Crippen LogP contribution in [0.1, 0.15) is 31.0 Å². The maximum atomic E-state index is 5.91. The first-order valence-electron chi connectivity index (χ1n) is 7.23. The first kappa shape index (κ1) is 15.9. The smallest absolute Gasteiger partial charge is 0.118 e. The Hall–Kier alpha value is -1.51. The zero-order chi connectivity index (χ0) is 15.2. The second-order valence-electron chi connectivity index (χ2n) is 5.39. The fourth-order valence-corrected chi connectivity index (χ4v) is 2.57. The third-order valence-corrected chi connectivity index (χ3v) is 3.86. The molecule has 0 saturated carbocycles. The van der Waals surface area contributed by atoms with Gasteiger partial charge < -0.3 is 10.1 Å². The Morgan fingerprint density at radius 1 is 1.00 bits per heavy atom. The first-order chi connectivity index (χ1) is 10.1. The van der Waals surface area contributed by atoms with Gasteiger partial charge in [0.1, 0.15) is 5.75 Å². The maximum Gasteiger partial charge on any atom is 0.118 e. The Balaban J connectivity index is 1.91. The molecule has 0 heterocycles. The molecule has 1 unspecified atom stereocenters. The summed E-state index contributed by atoms with van der Waals surface area (Å²) in [5.74, 6) is 0.889. The number of halogens is 1. The zero-order valence-electron chi connectivity index (χ0n) is 12.8. The average molecular weight is 304 g/mol. The van der Waals surface area contributed by atoms with Crippen LogP contribution < -0.4 is 10.1 Å². The molecule has 21 heavy (non-hydrogen) atoms. The SMILES string of the molecule is COc1ccc([C@H](C)NC(C)Cc2ccc(Cl)cc2)cc1. The highest BCUT2D eigenvalue weighted by atomic mass is 35.5. The van der Waals surface area contributed by atoms with Crippen molar-refractivity contribution < 1.29 is 4.74 Å². The molecule has 0 bridgehead atoms. The quantitative estimate of drug-likeness (QED) is 0.840. The van der Waals surface area contributed by atoms with Crippen LogP contribution in [0.3, 0.4) is 0 Å². The first-order valence-corrected chi connectivity index (χ1v) is 7.60. The van der Waals surface area contributed by atoms with E-state index in [0.717, 1.165) is 17.2 Å². The lowest BCUT2D eigenvalue weighted by atomic mass is 10.0. The standard InChI is InChI=1S/C18H22ClNO/c1-13(12-15-4-8-17(19)9-5-15)20-14(2)16-6-10-18(21-3)11-7-16/h4-11,13-14,20H,12H2,1-3H3/t13?,14-/m0/s1. The monoisotopic (exact) mass is 303 g/mol. The summed E-state index contributed by atoms with van der Waals surface area (Å²) in [7, 11) is 1.69. The van der Waals surface area contributed by atoms with Crippen molar-refractivity contribution in [2.45, 2.75) is 32.4 Å². The Labute approximate surface area is 132 Å². The second-order valence-corrected chi connectivity index (χ2v) is 5.83. The van der Waals surface area contributed by atoms with E-state index in [1.54, 1.807) is 7.11 Å². The van der Waals surface area contributed by atoms with Gasteiger partial charge in [-0.2, -0.15) is 0 Å². The van der Waals surface area contributed by atoms with Crippen molar-refractivity contribution in [1.82, 2.24) is 5.32 Å².